The zero-order chi connectivity index (χ0) is 21.9. The molecule has 1 heterocycles. The van der Waals surface area contributed by atoms with Crippen LogP contribution in [-0.2, 0) is 16.8 Å². The Hall–Kier alpha value is -3.47. The fraction of sp³-hybridized carbons (Fsp3) is 0.273. The molecule has 0 unspecified atom stereocenters. The molecule has 8 heteroatoms. The molecule has 5 nitrogen and oxygen atoms in total. The Kier molecular flexibility index (Phi) is 6.01. The van der Waals surface area contributed by atoms with E-state index >= 15 is 0 Å². The van der Waals surface area contributed by atoms with Gasteiger partial charge in [-0.2, -0.15) is 8.78 Å². The lowest BCUT2D eigenvalue weighted by Crippen LogP contribution is -2.41. The first-order chi connectivity index (χ1) is 14.3. The predicted octanol–water partition coefficient (Wildman–Crippen LogP) is 3.20. The third-order valence-corrected chi connectivity index (χ3v) is 4.90. The highest BCUT2D eigenvalue weighted by Crippen LogP contribution is 2.41. The molecule has 0 saturated heterocycles. The number of nitrogens with zero attached hydrogens (tertiary/aromatic N) is 2. The highest BCUT2D eigenvalue weighted by Gasteiger charge is 2.49. The number of aryl methyl sites for hydroxylation is 1. The second-order valence-corrected chi connectivity index (χ2v) is 6.62. The molecule has 0 aromatic heterocycles. The van der Waals surface area contributed by atoms with Crippen LogP contribution in [-0.4, -0.2) is 37.1 Å². The molecule has 2 aromatic carbocycles. The van der Waals surface area contributed by atoms with Crippen molar-refractivity contribution in [2.24, 2.45) is 10.7 Å². The van der Waals surface area contributed by atoms with Gasteiger partial charge < -0.3 is 10.5 Å². The zero-order valence-corrected chi connectivity index (χ0v) is 16.5. The Morgan fingerprint density at radius 2 is 1.97 bits per heavy atom. The van der Waals surface area contributed by atoms with Crippen molar-refractivity contribution >= 4 is 11.9 Å². The fourth-order valence-corrected chi connectivity index (χ4v) is 3.43. The molecule has 1 amide bonds. The minimum atomic E-state index is -2.96. The molecule has 156 valence electrons. The van der Waals surface area contributed by atoms with Crippen LogP contribution in [0.5, 0.6) is 5.75 Å². The lowest BCUT2D eigenvalue weighted by atomic mass is 9.81. The van der Waals surface area contributed by atoms with E-state index < -0.39 is 24.7 Å². The number of aliphatic imine (C=N–C) groups is 1. The lowest BCUT2D eigenvalue weighted by molar-refractivity contribution is -0.129. The number of alkyl halides is 3. The molecule has 0 spiro atoms. The second kappa shape index (κ2) is 8.49. The van der Waals surface area contributed by atoms with E-state index in [0.29, 0.717) is 28.7 Å². The summed E-state index contributed by atoms with van der Waals surface area (Å²) in [6, 6.07) is 11.2. The number of benzene rings is 2. The number of likely N-dealkylation sites (N-methyl/N-ethyl adjacent to an activating group) is 1. The molecule has 1 aliphatic rings. The molecule has 0 fully saturated rings. The van der Waals surface area contributed by atoms with Gasteiger partial charge in [0.25, 0.3) is 5.91 Å². The summed E-state index contributed by atoms with van der Waals surface area (Å²) in [6.45, 7) is -1.97. The van der Waals surface area contributed by atoms with Crippen LogP contribution in [0.15, 0.2) is 47.5 Å². The number of hydrogen-bond acceptors (Lipinski definition) is 4. The van der Waals surface area contributed by atoms with Crippen molar-refractivity contribution in [1.29, 1.82) is 0 Å². The first-order valence-corrected chi connectivity index (χ1v) is 9.20. The van der Waals surface area contributed by atoms with Gasteiger partial charge in [0.2, 0.25) is 0 Å². The minimum absolute atomic E-state index is 0.0196. The molecule has 1 aliphatic heterocycles. The van der Waals surface area contributed by atoms with E-state index in [9.17, 15) is 18.0 Å². The smallest absolute Gasteiger partial charge is 0.387 e. The molecule has 0 saturated carbocycles. The maximum Gasteiger partial charge on any atom is 0.387 e. The van der Waals surface area contributed by atoms with Crippen molar-refractivity contribution in [3.63, 3.8) is 0 Å². The van der Waals surface area contributed by atoms with Crippen LogP contribution in [0.4, 0.5) is 13.2 Å². The van der Waals surface area contributed by atoms with E-state index in [0.717, 1.165) is 0 Å². The van der Waals surface area contributed by atoms with Crippen LogP contribution in [0.2, 0.25) is 0 Å². The molecule has 1 atom stereocenters. The first-order valence-electron chi connectivity index (χ1n) is 9.20. The molecule has 0 bridgehead atoms. The number of hydrogen-bond donors (Lipinski definition) is 1. The van der Waals surface area contributed by atoms with Gasteiger partial charge >= 0.3 is 6.61 Å². The van der Waals surface area contributed by atoms with Crippen LogP contribution in [0.1, 0.15) is 29.2 Å². The quantitative estimate of drug-likeness (QED) is 0.763. The summed E-state index contributed by atoms with van der Waals surface area (Å²) in [5.41, 5.74) is 6.38. The molecule has 2 N–H and O–H groups in total. The Morgan fingerprint density at radius 3 is 2.57 bits per heavy atom. The average molecular weight is 415 g/mol. The van der Waals surface area contributed by atoms with Crippen LogP contribution in [0.3, 0.4) is 0 Å². The van der Waals surface area contributed by atoms with Crippen LogP contribution < -0.4 is 10.5 Å². The number of amides is 1. The van der Waals surface area contributed by atoms with Crippen molar-refractivity contribution in [3.8, 4) is 17.6 Å². The monoisotopic (exact) mass is 415 g/mol. The van der Waals surface area contributed by atoms with Gasteiger partial charge in [-0.15, -0.1) is 0 Å². The van der Waals surface area contributed by atoms with E-state index in [1.54, 1.807) is 37.3 Å². The second-order valence-electron chi connectivity index (χ2n) is 6.62. The van der Waals surface area contributed by atoms with Gasteiger partial charge in [-0.1, -0.05) is 37.0 Å². The molecule has 0 radical (unpaired) electrons. The standard InChI is InChI=1S/C22H20F3N3O2/c1-3-15-13-17(9-10-18(15)30-20(24)25)22(19(29)28(2)21(26)27-22)16-8-4-6-14(12-16)7-5-11-23/h4,6,8-10,12-13,20H,3,11H2,1-2H3,(H2,26,27)/t22-/m0/s1. The van der Waals surface area contributed by atoms with Crippen molar-refractivity contribution < 1.29 is 22.7 Å². The van der Waals surface area contributed by atoms with Crippen molar-refractivity contribution in [2.75, 3.05) is 13.7 Å². The SMILES string of the molecule is CCc1cc([C@]2(c3cccc(C#CCF)c3)N=C(N)N(C)C2=O)ccc1OC(F)F. The molecule has 0 aliphatic carbocycles. The van der Waals surface area contributed by atoms with Gasteiger partial charge in [-0.3, -0.25) is 9.69 Å². The van der Waals surface area contributed by atoms with E-state index in [1.165, 1.54) is 24.1 Å². The number of carbonyl (C=O) groups is 1. The van der Waals surface area contributed by atoms with Gasteiger partial charge in [-0.05, 0) is 47.4 Å². The highest BCUT2D eigenvalue weighted by molar-refractivity contribution is 6.09. The number of carbonyl (C=O) groups excluding carboxylic acids is 1. The summed E-state index contributed by atoms with van der Waals surface area (Å²) in [4.78, 5) is 19.0. The number of ether oxygens (including phenoxy) is 1. The first kappa shape index (κ1) is 21.2. The summed E-state index contributed by atoms with van der Waals surface area (Å²) < 4.78 is 42.5. The van der Waals surface area contributed by atoms with Crippen LogP contribution >= 0.6 is 0 Å². The minimum Gasteiger partial charge on any atom is -0.435 e. The van der Waals surface area contributed by atoms with Crippen molar-refractivity contribution in [1.82, 2.24) is 4.90 Å². The Labute approximate surface area is 172 Å². The van der Waals surface area contributed by atoms with Crippen molar-refractivity contribution in [3.05, 3.63) is 64.7 Å². The number of rotatable bonds is 5. The topological polar surface area (TPSA) is 67.9 Å². The normalized spacial score (nSPS) is 18.3. The van der Waals surface area contributed by atoms with Crippen molar-refractivity contribution in [2.45, 2.75) is 25.5 Å². The summed E-state index contributed by atoms with van der Waals surface area (Å²) in [6.07, 6.45) is 0.400. The zero-order valence-electron chi connectivity index (χ0n) is 16.5. The van der Waals surface area contributed by atoms with E-state index in [1.807, 2.05) is 0 Å². The molecular formula is C22H20F3N3O2. The predicted molar refractivity (Wildman–Crippen MR) is 107 cm³/mol. The molecule has 3 rings (SSSR count). The number of guanidine groups is 1. The summed E-state index contributed by atoms with van der Waals surface area (Å²) in [5.74, 6) is 4.68. The fourth-order valence-electron chi connectivity index (χ4n) is 3.43. The van der Waals surface area contributed by atoms with Gasteiger partial charge in [0.05, 0.1) is 0 Å². The third-order valence-electron chi connectivity index (χ3n) is 4.90. The Bertz CT molecular complexity index is 1060. The van der Waals surface area contributed by atoms with Gasteiger partial charge in [-0.25, -0.2) is 9.38 Å². The Morgan fingerprint density at radius 1 is 1.23 bits per heavy atom. The lowest BCUT2D eigenvalue weighted by Gasteiger charge is -2.27. The van der Waals surface area contributed by atoms with Crippen LogP contribution in [0, 0.1) is 11.8 Å². The van der Waals surface area contributed by atoms with Crippen LogP contribution in [0.25, 0.3) is 0 Å². The Balaban J connectivity index is 2.22. The highest BCUT2D eigenvalue weighted by atomic mass is 19.3. The number of halogens is 3. The molecule has 30 heavy (non-hydrogen) atoms. The van der Waals surface area contributed by atoms with E-state index in [4.69, 9.17) is 5.73 Å². The van der Waals surface area contributed by atoms with E-state index in [-0.39, 0.29) is 11.7 Å². The summed E-state index contributed by atoms with van der Waals surface area (Å²) in [7, 11) is 1.50. The van der Waals surface area contributed by atoms with Gasteiger partial charge in [0.1, 0.15) is 5.75 Å². The largest absolute Gasteiger partial charge is 0.435 e. The maximum atomic E-state index is 13.3. The van der Waals surface area contributed by atoms with Gasteiger partial charge in [0.15, 0.2) is 18.2 Å². The summed E-state index contributed by atoms with van der Waals surface area (Å²) in [5, 5.41) is 0. The molecular weight excluding hydrogens is 395 g/mol. The van der Waals surface area contributed by atoms with E-state index in [2.05, 4.69) is 21.6 Å². The molecule has 2 aromatic rings. The average Bonchev–Trinajstić information content (AvgIpc) is 2.97. The maximum absolute atomic E-state index is 13.3. The third kappa shape index (κ3) is 3.71. The summed E-state index contributed by atoms with van der Waals surface area (Å²) >= 11 is 0. The van der Waals surface area contributed by atoms with Gasteiger partial charge in [0, 0.05) is 12.6 Å². The number of nitrogens with two attached hydrogens (primary N) is 1.